The highest BCUT2D eigenvalue weighted by atomic mass is 16.1. The van der Waals surface area contributed by atoms with Gasteiger partial charge in [-0.25, -0.2) is 0 Å². The van der Waals surface area contributed by atoms with Crippen LogP contribution in [0.1, 0.15) is 0 Å². The van der Waals surface area contributed by atoms with Crippen molar-refractivity contribution in [1.29, 1.82) is 0 Å². The van der Waals surface area contributed by atoms with Crippen molar-refractivity contribution in [2.24, 2.45) is 5.73 Å². The van der Waals surface area contributed by atoms with Crippen molar-refractivity contribution in [1.82, 2.24) is 5.32 Å². The first-order valence-electron chi connectivity index (χ1n) is 2.89. The van der Waals surface area contributed by atoms with Gasteiger partial charge in [-0.3, -0.25) is 4.79 Å². The van der Waals surface area contributed by atoms with Gasteiger partial charge in [0, 0.05) is 12.6 Å². The first-order chi connectivity index (χ1) is 4.81. The minimum atomic E-state index is -0.205. The fraction of sp³-hybridized carbons (Fsp3) is 0.286. The molecule has 0 aromatic heterocycles. The van der Waals surface area contributed by atoms with Gasteiger partial charge in [0.25, 0.3) is 0 Å². The smallest absolute Gasteiger partial charge is 0.244 e. The fourth-order valence-electron chi connectivity index (χ4n) is 0.372. The van der Waals surface area contributed by atoms with Crippen LogP contribution in [0.5, 0.6) is 0 Å². The molecule has 10 heavy (non-hydrogen) atoms. The SMILES string of the molecule is C#CCNC(=O)C=CCN. The molecule has 0 spiro atoms. The van der Waals surface area contributed by atoms with Gasteiger partial charge in [-0.2, -0.15) is 0 Å². The van der Waals surface area contributed by atoms with E-state index in [9.17, 15) is 4.79 Å². The number of nitrogens with one attached hydrogen (secondary N) is 1. The van der Waals surface area contributed by atoms with Crippen LogP contribution in [0, 0.1) is 12.3 Å². The Bertz CT molecular complexity index is 167. The first kappa shape index (κ1) is 8.73. The third-order valence-corrected chi connectivity index (χ3v) is 0.770. The Balaban J connectivity index is 3.46. The normalized spacial score (nSPS) is 9.20. The van der Waals surface area contributed by atoms with E-state index in [0.717, 1.165) is 0 Å². The molecule has 0 aliphatic heterocycles. The van der Waals surface area contributed by atoms with Crippen LogP contribution in [0.15, 0.2) is 12.2 Å². The van der Waals surface area contributed by atoms with Gasteiger partial charge in [0.1, 0.15) is 0 Å². The maximum absolute atomic E-state index is 10.6. The molecule has 0 atom stereocenters. The molecule has 1 amide bonds. The lowest BCUT2D eigenvalue weighted by molar-refractivity contribution is -0.116. The number of carbonyl (C=O) groups is 1. The molecular weight excluding hydrogens is 128 g/mol. The number of nitrogens with two attached hydrogens (primary N) is 1. The molecule has 0 saturated heterocycles. The number of carbonyl (C=O) groups excluding carboxylic acids is 1. The van der Waals surface area contributed by atoms with Crippen molar-refractivity contribution in [2.45, 2.75) is 0 Å². The molecule has 3 nitrogen and oxygen atoms in total. The quantitative estimate of drug-likeness (QED) is 0.398. The highest BCUT2D eigenvalue weighted by Crippen LogP contribution is 1.69. The van der Waals surface area contributed by atoms with Crippen LogP contribution in [0.25, 0.3) is 0 Å². The van der Waals surface area contributed by atoms with Crippen molar-refractivity contribution >= 4 is 5.91 Å². The lowest BCUT2D eigenvalue weighted by Crippen LogP contribution is -2.21. The van der Waals surface area contributed by atoms with E-state index < -0.39 is 0 Å². The summed E-state index contributed by atoms with van der Waals surface area (Å²) in [6, 6.07) is 0. The summed E-state index contributed by atoms with van der Waals surface area (Å²) in [7, 11) is 0. The van der Waals surface area contributed by atoms with Gasteiger partial charge < -0.3 is 11.1 Å². The molecule has 0 aliphatic carbocycles. The molecule has 0 fully saturated rings. The Morgan fingerprint density at radius 2 is 2.50 bits per heavy atom. The van der Waals surface area contributed by atoms with E-state index in [4.69, 9.17) is 12.2 Å². The molecule has 3 N–H and O–H groups in total. The molecule has 0 unspecified atom stereocenters. The monoisotopic (exact) mass is 138 g/mol. The molecule has 0 heterocycles. The fourth-order valence-corrected chi connectivity index (χ4v) is 0.372. The van der Waals surface area contributed by atoms with Crippen molar-refractivity contribution in [3.05, 3.63) is 12.2 Å². The first-order valence-corrected chi connectivity index (χ1v) is 2.89. The van der Waals surface area contributed by atoms with Gasteiger partial charge >= 0.3 is 0 Å². The summed E-state index contributed by atoms with van der Waals surface area (Å²) in [5.41, 5.74) is 5.10. The van der Waals surface area contributed by atoms with Crippen molar-refractivity contribution in [3.63, 3.8) is 0 Å². The number of hydrogen-bond acceptors (Lipinski definition) is 2. The predicted molar refractivity (Wildman–Crippen MR) is 40.0 cm³/mol. The van der Waals surface area contributed by atoms with E-state index in [0.29, 0.717) is 6.54 Å². The van der Waals surface area contributed by atoms with Gasteiger partial charge in [-0.15, -0.1) is 6.42 Å². The predicted octanol–water partition coefficient (Wildman–Crippen LogP) is -0.749. The highest BCUT2D eigenvalue weighted by Gasteiger charge is 1.88. The summed E-state index contributed by atoms with van der Waals surface area (Å²) in [5.74, 6) is 2.07. The maximum atomic E-state index is 10.6. The zero-order valence-electron chi connectivity index (χ0n) is 5.63. The summed E-state index contributed by atoms with van der Waals surface area (Å²) >= 11 is 0. The topological polar surface area (TPSA) is 55.1 Å². The summed E-state index contributed by atoms with van der Waals surface area (Å²) < 4.78 is 0. The largest absolute Gasteiger partial charge is 0.342 e. The van der Waals surface area contributed by atoms with Crippen molar-refractivity contribution < 1.29 is 4.79 Å². The minimum Gasteiger partial charge on any atom is -0.342 e. The van der Waals surface area contributed by atoms with E-state index in [1.165, 1.54) is 6.08 Å². The molecule has 54 valence electrons. The zero-order valence-corrected chi connectivity index (χ0v) is 5.63. The third kappa shape index (κ3) is 4.88. The second-order valence-electron chi connectivity index (χ2n) is 1.56. The van der Waals surface area contributed by atoms with Crippen LogP contribution in [0.2, 0.25) is 0 Å². The number of terminal acetylenes is 1. The van der Waals surface area contributed by atoms with Crippen LogP contribution < -0.4 is 11.1 Å². The molecule has 0 rings (SSSR count). The van der Waals surface area contributed by atoms with E-state index >= 15 is 0 Å². The second-order valence-corrected chi connectivity index (χ2v) is 1.56. The van der Waals surface area contributed by atoms with E-state index in [-0.39, 0.29) is 12.5 Å². The highest BCUT2D eigenvalue weighted by molar-refractivity contribution is 5.87. The maximum Gasteiger partial charge on any atom is 0.244 e. The molecule has 0 bridgehead atoms. The third-order valence-electron chi connectivity index (χ3n) is 0.770. The molecular formula is C7H10N2O. The molecule has 0 saturated carbocycles. The molecule has 0 aromatic rings. The average Bonchev–Trinajstić information content (AvgIpc) is 1.97. The zero-order chi connectivity index (χ0) is 7.82. The summed E-state index contributed by atoms with van der Waals surface area (Å²) in [4.78, 5) is 10.6. The molecule has 0 aliphatic rings. The van der Waals surface area contributed by atoms with Gasteiger partial charge in [0.15, 0.2) is 0 Å². The van der Waals surface area contributed by atoms with Crippen molar-refractivity contribution in [3.8, 4) is 12.3 Å². The molecule has 0 radical (unpaired) electrons. The van der Waals surface area contributed by atoms with Gasteiger partial charge in [0.2, 0.25) is 5.91 Å². The van der Waals surface area contributed by atoms with E-state index in [1.807, 2.05) is 0 Å². The second kappa shape index (κ2) is 5.86. The lowest BCUT2D eigenvalue weighted by atomic mass is 10.4. The van der Waals surface area contributed by atoms with Crippen LogP contribution >= 0.6 is 0 Å². The number of rotatable bonds is 3. The van der Waals surface area contributed by atoms with E-state index in [1.54, 1.807) is 6.08 Å². The lowest BCUT2D eigenvalue weighted by Gasteiger charge is -1.92. The van der Waals surface area contributed by atoms with Gasteiger partial charge in [0.05, 0.1) is 6.54 Å². The van der Waals surface area contributed by atoms with Gasteiger partial charge in [-0.1, -0.05) is 12.0 Å². The minimum absolute atomic E-state index is 0.205. The van der Waals surface area contributed by atoms with Crippen LogP contribution in [-0.4, -0.2) is 19.0 Å². The van der Waals surface area contributed by atoms with Crippen LogP contribution in [0.3, 0.4) is 0 Å². The Hall–Kier alpha value is -1.27. The van der Waals surface area contributed by atoms with Crippen LogP contribution in [0.4, 0.5) is 0 Å². The average molecular weight is 138 g/mol. The Morgan fingerprint density at radius 1 is 1.80 bits per heavy atom. The Labute approximate surface area is 60.3 Å². The number of hydrogen-bond donors (Lipinski definition) is 2. The summed E-state index contributed by atoms with van der Waals surface area (Å²) in [5, 5.41) is 2.45. The van der Waals surface area contributed by atoms with Gasteiger partial charge in [-0.05, 0) is 0 Å². The standard InChI is InChI=1S/C7H10N2O/c1-2-6-9-7(10)4-3-5-8/h1,3-4H,5-6,8H2,(H,9,10). The Morgan fingerprint density at radius 3 is 3.00 bits per heavy atom. The Kier molecular flexibility index (Phi) is 5.12. The molecule has 0 aromatic carbocycles. The molecule has 3 heteroatoms. The van der Waals surface area contributed by atoms with Crippen LogP contribution in [-0.2, 0) is 4.79 Å². The summed E-state index contributed by atoms with van der Waals surface area (Å²) in [6.07, 6.45) is 7.81. The summed E-state index contributed by atoms with van der Waals surface area (Å²) in [6.45, 7) is 0.622. The van der Waals surface area contributed by atoms with Crippen molar-refractivity contribution in [2.75, 3.05) is 13.1 Å². The number of amides is 1. The van der Waals surface area contributed by atoms with E-state index in [2.05, 4.69) is 11.2 Å².